The van der Waals surface area contributed by atoms with Gasteiger partial charge in [-0.25, -0.2) is 13.6 Å². The molecule has 1 aromatic carbocycles. The monoisotopic (exact) mass is 312 g/mol. The molecular weight excluding hydrogens is 290 g/mol. The number of nitrogens with one attached hydrogen (secondary N) is 1. The molecule has 0 bridgehead atoms. The molecule has 1 N–H and O–H groups in total. The summed E-state index contributed by atoms with van der Waals surface area (Å²) in [5.74, 6) is 0. The van der Waals surface area contributed by atoms with E-state index in [0.717, 1.165) is 24.2 Å². The number of rotatable bonds is 6. The van der Waals surface area contributed by atoms with Gasteiger partial charge < -0.3 is 15.0 Å². The summed E-state index contributed by atoms with van der Waals surface area (Å²) >= 11 is 0. The number of carbonyl (C=O) groups excluding carboxylic acids is 1. The number of hydrogen-bond acceptors (Lipinski definition) is 2. The zero-order valence-electron chi connectivity index (χ0n) is 12.7. The van der Waals surface area contributed by atoms with Gasteiger partial charge in [0.2, 0.25) is 0 Å². The van der Waals surface area contributed by atoms with E-state index in [0.29, 0.717) is 0 Å². The third-order valence-corrected chi connectivity index (χ3v) is 3.89. The zero-order valence-corrected chi connectivity index (χ0v) is 12.7. The second-order valence-electron chi connectivity index (χ2n) is 5.49. The molecule has 1 aliphatic rings. The highest BCUT2D eigenvalue weighted by molar-refractivity contribution is 5.74. The smallest absolute Gasteiger partial charge is 0.317 e. The van der Waals surface area contributed by atoms with Gasteiger partial charge in [0.1, 0.15) is 0 Å². The number of fused-ring (bicyclic) bond motifs is 1. The van der Waals surface area contributed by atoms with Crippen LogP contribution in [-0.4, -0.2) is 50.2 Å². The summed E-state index contributed by atoms with van der Waals surface area (Å²) in [5, 5.41) is 2.87. The second kappa shape index (κ2) is 8.08. The summed E-state index contributed by atoms with van der Waals surface area (Å²) in [6, 6.07) is 7.68. The Bertz CT molecular complexity index is 497. The van der Waals surface area contributed by atoms with Crippen molar-refractivity contribution in [3.8, 4) is 0 Å². The van der Waals surface area contributed by atoms with Gasteiger partial charge in [-0.05, 0) is 30.4 Å². The Morgan fingerprint density at radius 1 is 1.41 bits per heavy atom. The van der Waals surface area contributed by atoms with Crippen LogP contribution in [0.3, 0.4) is 0 Å². The Hall–Kier alpha value is -1.69. The molecule has 1 atom stereocenters. The predicted molar refractivity (Wildman–Crippen MR) is 80.2 cm³/mol. The second-order valence-corrected chi connectivity index (χ2v) is 5.49. The van der Waals surface area contributed by atoms with Gasteiger partial charge in [0.25, 0.3) is 6.43 Å². The average molecular weight is 312 g/mol. The first-order valence-corrected chi connectivity index (χ1v) is 7.49. The SMILES string of the molecule is COCCN(CC(F)F)C(=O)N[C@@H]1CCc2ccccc2C1. The largest absolute Gasteiger partial charge is 0.383 e. The maximum atomic E-state index is 12.6. The Morgan fingerprint density at radius 2 is 2.14 bits per heavy atom. The molecule has 1 aromatic rings. The van der Waals surface area contributed by atoms with Gasteiger partial charge in [-0.3, -0.25) is 0 Å². The van der Waals surface area contributed by atoms with E-state index >= 15 is 0 Å². The molecule has 0 radical (unpaired) electrons. The molecular formula is C16H22F2N2O2. The summed E-state index contributed by atoms with van der Waals surface area (Å²) < 4.78 is 30.0. The van der Waals surface area contributed by atoms with Crippen LogP contribution in [-0.2, 0) is 17.6 Å². The lowest BCUT2D eigenvalue weighted by Crippen LogP contribution is -2.49. The molecule has 2 amide bonds. The van der Waals surface area contributed by atoms with Crippen molar-refractivity contribution in [2.24, 2.45) is 0 Å². The van der Waals surface area contributed by atoms with Crippen molar-refractivity contribution in [1.29, 1.82) is 0 Å². The molecule has 4 nitrogen and oxygen atoms in total. The Balaban J connectivity index is 1.92. The lowest BCUT2D eigenvalue weighted by Gasteiger charge is -2.29. The molecule has 0 saturated heterocycles. The van der Waals surface area contributed by atoms with E-state index in [-0.39, 0.29) is 19.2 Å². The molecule has 0 saturated carbocycles. The molecule has 0 unspecified atom stereocenters. The molecule has 2 rings (SSSR count). The number of amides is 2. The average Bonchev–Trinajstić information content (AvgIpc) is 2.51. The van der Waals surface area contributed by atoms with Crippen LogP contribution >= 0.6 is 0 Å². The molecule has 6 heteroatoms. The normalized spacial score (nSPS) is 17.2. The van der Waals surface area contributed by atoms with Crippen LogP contribution in [0.1, 0.15) is 17.5 Å². The Kier molecular flexibility index (Phi) is 6.12. The molecule has 0 aromatic heterocycles. The van der Waals surface area contributed by atoms with Crippen molar-refractivity contribution in [2.75, 3.05) is 26.8 Å². The lowest BCUT2D eigenvalue weighted by molar-refractivity contribution is 0.0824. The molecule has 0 aliphatic heterocycles. The first kappa shape index (κ1) is 16.7. The first-order valence-electron chi connectivity index (χ1n) is 7.49. The highest BCUT2D eigenvalue weighted by Gasteiger charge is 2.23. The maximum Gasteiger partial charge on any atom is 0.317 e. The molecule has 0 fully saturated rings. The minimum Gasteiger partial charge on any atom is -0.383 e. The number of aryl methyl sites for hydroxylation is 1. The van der Waals surface area contributed by atoms with Crippen molar-refractivity contribution >= 4 is 6.03 Å². The van der Waals surface area contributed by atoms with E-state index in [1.807, 2.05) is 12.1 Å². The number of alkyl halides is 2. The van der Waals surface area contributed by atoms with Gasteiger partial charge in [-0.1, -0.05) is 24.3 Å². The summed E-state index contributed by atoms with van der Waals surface area (Å²) in [5.41, 5.74) is 2.52. The maximum absolute atomic E-state index is 12.6. The van der Waals surface area contributed by atoms with Crippen LogP contribution in [0.15, 0.2) is 24.3 Å². The molecule has 0 heterocycles. The minimum absolute atomic E-state index is 0.00915. The third-order valence-electron chi connectivity index (χ3n) is 3.89. The van der Waals surface area contributed by atoms with Crippen molar-refractivity contribution in [3.05, 3.63) is 35.4 Å². The van der Waals surface area contributed by atoms with Crippen molar-refractivity contribution in [3.63, 3.8) is 0 Å². The summed E-state index contributed by atoms with van der Waals surface area (Å²) in [6.45, 7) is -0.165. The summed E-state index contributed by atoms with van der Waals surface area (Å²) in [7, 11) is 1.48. The number of ether oxygens (including phenoxy) is 1. The highest BCUT2D eigenvalue weighted by Crippen LogP contribution is 2.21. The van der Waals surface area contributed by atoms with Crippen LogP contribution in [0.4, 0.5) is 13.6 Å². The summed E-state index contributed by atoms with van der Waals surface area (Å²) in [6.07, 6.45) is -0.0761. The summed E-state index contributed by atoms with van der Waals surface area (Å²) in [4.78, 5) is 13.3. The fourth-order valence-electron chi connectivity index (χ4n) is 2.73. The fraction of sp³-hybridized carbons (Fsp3) is 0.562. The van der Waals surface area contributed by atoms with Crippen LogP contribution in [0.2, 0.25) is 0 Å². The number of carbonyl (C=O) groups is 1. The standard InChI is InChI=1S/C16H22F2N2O2/c1-22-9-8-20(11-15(17)18)16(21)19-14-7-6-12-4-2-3-5-13(12)10-14/h2-5,14-15H,6-11H2,1H3,(H,19,21)/t14-/m1/s1. The zero-order chi connectivity index (χ0) is 15.9. The van der Waals surface area contributed by atoms with Gasteiger partial charge in [-0.2, -0.15) is 0 Å². The minimum atomic E-state index is -2.55. The van der Waals surface area contributed by atoms with E-state index in [4.69, 9.17) is 4.74 Å². The van der Waals surface area contributed by atoms with Gasteiger partial charge in [0, 0.05) is 19.7 Å². The molecule has 122 valence electrons. The number of halogens is 2. The number of methoxy groups -OCH3 is 1. The van der Waals surface area contributed by atoms with Crippen LogP contribution in [0, 0.1) is 0 Å². The van der Waals surface area contributed by atoms with Crippen LogP contribution in [0.25, 0.3) is 0 Å². The number of nitrogens with zero attached hydrogens (tertiary/aromatic N) is 1. The van der Waals surface area contributed by atoms with E-state index in [1.54, 1.807) is 0 Å². The fourth-order valence-corrected chi connectivity index (χ4v) is 2.73. The van der Waals surface area contributed by atoms with Crippen LogP contribution < -0.4 is 5.32 Å². The molecule has 22 heavy (non-hydrogen) atoms. The van der Waals surface area contributed by atoms with Gasteiger partial charge in [0.05, 0.1) is 13.2 Å². The molecule has 1 aliphatic carbocycles. The van der Waals surface area contributed by atoms with Crippen molar-refractivity contribution in [2.45, 2.75) is 31.7 Å². The third kappa shape index (κ3) is 4.66. The number of hydrogen-bond donors (Lipinski definition) is 1. The number of benzene rings is 1. The quantitative estimate of drug-likeness (QED) is 0.877. The highest BCUT2D eigenvalue weighted by atomic mass is 19.3. The predicted octanol–water partition coefficient (Wildman–Crippen LogP) is 2.47. The lowest BCUT2D eigenvalue weighted by atomic mass is 9.88. The first-order chi connectivity index (χ1) is 10.6. The van der Waals surface area contributed by atoms with E-state index in [1.165, 1.54) is 18.2 Å². The van der Waals surface area contributed by atoms with Crippen molar-refractivity contribution in [1.82, 2.24) is 10.2 Å². The Labute approximate surface area is 129 Å². The van der Waals surface area contributed by atoms with Crippen molar-refractivity contribution < 1.29 is 18.3 Å². The van der Waals surface area contributed by atoms with Gasteiger partial charge >= 0.3 is 6.03 Å². The van der Waals surface area contributed by atoms with E-state index in [9.17, 15) is 13.6 Å². The molecule has 0 spiro atoms. The Morgan fingerprint density at radius 3 is 2.82 bits per heavy atom. The number of urea groups is 1. The van der Waals surface area contributed by atoms with Crippen LogP contribution in [0.5, 0.6) is 0 Å². The van der Waals surface area contributed by atoms with Gasteiger partial charge in [0.15, 0.2) is 0 Å². The van der Waals surface area contributed by atoms with E-state index in [2.05, 4.69) is 17.4 Å². The van der Waals surface area contributed by atoms with Gasteiger partial charge in [-0.15, -0.1) is 0 Å². The van der Waals surface area contributed by atoms with E-state index < -0.39 is 19.0 Å². The topological polar surface area (TPSA) is 41.6 Å².